The largest absolute Gasteiger partial charge is 0.422 e. The molecule has 0 unspecified atom stereocenters. The molecule has 12 heteroatoms. The second-order valence-electron chi connectivity index (χ2n) is 9.73. The van der Waals surface area contributed by atoms with Crippen molar-refractivity contribution in [3.63, 3.8) is 0 Å². The van der Waals surface area contributed by atoms with Crippen molar-refractivity contribution in [1.82, 2.24) is 0 Å². The fraction of sp³-hybridized carbons (Fsp3) is 0.750. The highest BCUT2D eigenvalue weighted by Crippen LogP contribution is 2.39. The minimum atomic E-state index is -0.898. The maximum absolute atomic E-state index is 11.0. The van der Waals surface area contributed by atoms with Crippen molar-refractivity contribution in [2.75, 3.05) is 0 Å². The average Bonchev–Trinajstić information content (AvgIpc) is 3.18. The van der Waals surface area contributed by atoms with E-state index in [1.54, 1.807) is 0 Å². The molecule has 0 N–H and O–H groups in total. The molecule has 0 radical (unpaired) electrons. The molecule has 3 aliphatic carbocycles. The smallest absolute Gasteiger partial charge is 0.320 e. The van der Waals surface area contributed by atoms with Gasteiger partial charge in [0.25, 0.3) is 17.4 Å². The van der Waals surface area contributed by atoms with Crippen molar-refractivity contribution in [1.29, 1.82) is 0 Å². The lowest BCUT2D eigenvalue weighted by atomic mass is 9.90. The van der Waals surface area contributed by atoms with E-state index < -0.39 is 53.2 Å². The highest BCUT2D eigenvalue weighted by Gasteiger charge is 2.48. The Morgan fingerprint density at radius 2 is 0.556 bits per heavy atom. The molecule has 0 aromatic rings. The third-order valence-electron chi connectivity index (χ3n) is 6.76. The Morgan fingerprint density at radius 3 is 0.778 bits per heavy atom. The Labute approximate surface area is 207 Å². The molecule has 0 atom stereocenters. The van der Waals surface area contributed by atoms with Gasteiger partial charge >= 0.3 is 35.8 Å². The molecular weight excluding hydrogens is 480 g/mol. The van der Waals surface area contributed by atoms with Crippen LogP contribution in [0.15, 0.2) is 0 Å². The van der Waals surface area contributed by atoms with Gasteiger partial charge in [-0.25, -0.2) is 0 Å². The van der Waals surface area contributed by atoms with Gasteiger partial charge in [-0.2, -0.15) is 0 Å². The zero-order valence-electron chi connectivity index (χ0n) is 20.0. The molecule has 6 aliphatic rings. The van der Waals surface area contributed by atoms with E-state index in [1.807, 2.05) is 0 Å². The summed E-state index contributed by atoms with van der Waals surface area (Å²) in [4.78, 5) is 65.4. The van der Waals surface area contributed by atoms with Crippen LogP contribution in [0.3, 0.4) is 0 Å². The van der Waals surface area contributed by atoms with Gasteiger partial charge in [-0.05, 0) is 32.1 Å². The van der Waals surface area contributed by atoms with Gasteiger partial charge in [-0.1, -0.05) is 6.42 Å². The molecule has 3 aliphatic heterocycles. The molecule has 36 heavy (non-hydrogen) atoms. The molecule has 3 spiro atoms. The van der Waals surface area contributed by atoms with E-state index in [9.17, 15) is 28.8 Å². The van der Waals surface area contributed by atoms with E-state index in [0.29, 0.717) is 38.5 Å². The number of esters is 6. The summed E-state index contributed by atoms with van der Waals surface area (Å²) in [5, 5.41) is 0. The van der Waals surface area contributed by atoms with Crippen LogP contribution in [0, 0.1) is 0 Å². The minimum absolute atomic E-state index is 0.234. The Morgan fingerprint density at radius 1 is 0.333 bits per heavy atom. The first kappa shape index (κ1) is 25.9. The number of carbonyl (C=O) groups excluding carboxylic acids is 6. The summed E-state index contributed by atoms with van der Waals surface area (Å²) >= 11 is 0. The van der Waals surface area contributed by atoms with E-state index in [1.165, 1.54) is 0 Å². The standard InChI is InChI=1S/C9H12O4.C8H10O4.C7H8O4/c10-7-6-8(11)13-9(12-7)4-2-1-3-5-9;9-6-5-7(10)12-8(11-6)3-1-2-4-8;8-5-4-6(9)11-7(10-5)2-1-3-7/h1-6H2;1-5H2;1-4H2. The molecule has 6 fully saturated rings. The molecule has 3 saturated heterocycles. The van der Waals surface area contributed by atoms with Crippen LogP contribution in [0.5, 0.6) is 0 Å². The molecule has 0 amide bonds. The summed E-state index contributed by atoms with van der Waals surface area (Å²) < 4.78 is 30.0. The number of rotatable bonds is 0. The highest BCUT2D eigenvalue weighted by atomic mass is 16.8. The number of ether oxygens (including phenoxy) is 6. The second-order valence-corrected chi connectivity index (χ2v) is 9.73. The predicted molar refractivity (Wildman–Crippen MR) is 114 cm³/mol. The van der Waals surface area contributed by atoms with Crippen LogP contribution in [0.4, 0.5) is 0 Å². The number of hydrogen-bond acceptors (Lipinski definition) is 12. The van der Waals surface area contributed by atoms with Crippen LogP contribution in [0.2, 0.25) is 0 Å². The van der Waals surface area contributed by atoms with Gasteiger partial charge in [0.05, 0.1) is 0 Å². The topological polar surface area (TPSA) is 158 Å². The Bertz CT molecular complexity index is 867. The first-order valence-electron chi connectivity index (χ1n) is 12.4. The van der Waals surface area contributed by atoms with Gasteiger partial charge < -0.3 is 28.4 Å². The maximum atomic E-state index is 11.0. The lowest BCUT2D eigenvalue weighted by Gasteiger charge is -2.41. The fourth-order valence-electron chi connectivity index (χ4n) is 4.96. The van der Waals surface area contributed by atoms with Crippen LogP contribution < -0.4 is 0 Å². The second kappa shape index (κ2) is 10.4. The van der Waals surface area contributed by atoms with E-state index in [2.05, 4.69) is 0 Å². The van der Waals surface area contributed by atoms with Crippen LogP contribution in [0.1, 0.15) is 96.3 Å². The molecule has 0 bridgehead atoms. The lowest BCUT2D eigenvalue weighted by molar-refractivity contribution is -0.269. The fourth-order valence-corrected chi connectivity index (χ4v) is 4.96. The van der Waals surface area contributed by atoms with Crippen molar-refractivity contribution in [2.24, 2.45) is 0 Å². The van der Waals surface area contributed by atoms with E-state index in [4.69, 9.17) is 28.4 Å². The summed E-state index contributed by atoms with van der Waals surface area (Å²) in [7, 11) is 0. The zero-order valence-corrected chi connectivity index (χ0v) is 20.0. The van der Waals surface area contributed by atoms with E-state index in [-0.39, 0.29) is 19.3 Å². The predicted octanol–water partition coefficient (Wildman–Crippen LogP) is 2.24. The van der Waals surface area contributed by atoms with Crippen LogP contribution in [-0.2, 0) is 57.2 Å². The van der Waals surface area contributed by atoms with Gasteiger partial charge in [-0.3, -0.25) is 28.8 Å². The van der Waals surface area contributed by atoms with Crippen LogP contribution >= 0.6 is 0 Å². The SMILES string of the molecule is O=C1CC(=O)OC2(CCC2)O1.O=C1CC(=O)OC2(CCCC2)O1.O=C1CC(=O)OC2(CCCCC2)O1. The summed E-state index contributed by atoms with van der Waals surface area (Å²) in [5.74, 6) is -5.34. The van der Waals surface area contributed by atoms with Crippen molar-refractivity contribution in [3.8, 4) is 0 Å². The van der Waals surface area contributed by atoms with Gasteiger partial charge in [0.15, 0.2) is 0 Å². The van der Waals surface area contributed by atoms with Crippen molar-refractivity contribution < 1.29 is 57.2 Å². The first-order valence-corrected chi connectivity index (χ1v) is 12.4. The number of carbonyl (C=O) groups is 6. The molecule has 6 rings (SSSR count). The third kappa shape index (κ3) is 6.33. The third-order valence-corrected chi connectivity index (χ3v) is 6.76. The maximum Gasteiger partial charge on any atom is 0.320 e. The Balaban J connectivity index is 0.000000127. The summed E-state index contributed by atoms with van der Waals surface area (Å²) in [6.07, 6.45) is 9.16. The highest BCUT2D eigenvalue weighted by molar-refractivity contribution is 5.94. The Kier molecular flexibility index (Phi) is 7.51. The molecule has 3 heterocycles. The normalized spacial score (nSPS) is 27.0. The van der Waals surface area contributed by atoms with Crippen LogP contribution in [0.25, 0.3) is 0 Å². The minimum Gasteiger partial charge on any atom is -0.422 e. The van der Waals surface area contributed by atoms with Crippen molar-refractivity contribution >= 4 is 35.8 Å². The summed E-state index contributed by atoms with van der Waals surface area (Å²) in [5.41, 5.74) is 0. The zero-order chi connectivity index (χ0) is 25.8. The monoisotopic (exact) mass is 510 g/mol. The Hall–Kier alpha value is -3.18. The molecule has 0 aromatic carbocycles. The quantitative estimate of drug-likeness (QED) is 0.266. The van der Waals surface area contributed by atoms with Crippen molar-refractivity contribution in [2.45, 2.75) is 114 Å². The summed E-state index contributed by atoms with van der Waals surface area (Å²) in [6, 6.07) is 0. The molecular formula is C24H30O12. The van der Waals surface area contributed by atoms with E-state index >= 15 is 0 Å². The first-order chi connectivity index (χ1) is 17.1. The van der Waals surface area contributed by atoms with Gasteiger partial charge in [0, 0.05) is 38.5 Å². The van der Waals surface area contributed by atoms with Gasteiger partial charge in [-0.15, -0.1) is 0 Å². The number of hydrogen-bond donors (Lipinski definition) is 0. The van der Waals surface area contributed by atoms with Crippen LogP contribution in [-0.4, -0.2) is 53.2 Å². The molecule has 0 aromatic heterocycles. The van der Waals surface area contributed by atoms with Gasteiger partial charge in [0.2, 0.25) is 0 Å². The van der Waals surface area contributed by atoms with E-state index in [0.717, 1.165) is 38.5 Å². The summed E-state index contributed by atoms with van der Waals surface area (Å²) in [6.45, 7) is 0. The lowest BCUT2D eigenvalue weighted by Crippen LogP contribution is -2.50. The molecule has 198 valence electrons. The molecule has 12 nitrogen and oxygen atoms in total. The van der Waals surface area contributed by atoms with Crippen molar-refractivity contribution in [3.05, 3.63) is 0 Å². The average molecular weight is 510 g/mol. The molecule has 3 saturated carbocycles. The van der Waals surface area contributed by atoms with Gasteiger partial charge in [0.1, 0.15) is 19.3 Å².